The highest BCUT2D eigenvalue weighted by Crippen LogP contribution is 2.26. The molecule has 9 heteroatoms. The Labute approximate surface area is 111 Å². The van der Waals surface area contributed by atoms with Gasteiger partial charge in [0.1, 0.15) is 0 Å². The third-order valence-corrected chi connectivity index (χ3v) is 2.71. The highest BCUT2D eigenvalue weighted by Gasteiger charge is 2.27. The number of nitro groups is 1. The van der Waals surface area contributed by atoms with E-state index in [1.54, 1.807) is 0 Å². The molecule has 1 saturated heterocycles. The van der Waals surface area contributed by atoms with E-state index in [4.69, 9.17) is 5.11 Å². The molecule has 2 N–H and O–H groups in total. The Morgan fingerprint density at radius 1 is 1.30 bits per heavy atom. The van der Waals surface area contributed by atoms with Gasteiger partial charge < -0.3 is 10.0 Å². The maximum atomic E-state index is 11.3. The molecule has 0 aliphatic carbocycles. The zero-order chi connectivity index (χ0) is 14.9. The molecule has 1 aromatic carbocycles. The van der Waals surface area contributed by atoms with E-state index in [1.165, 1.54) is 11.0 Å². The van der Waals surface area contributed by atoms with Crippen molar-refractivity contribution in [2.75, 3.05) is 18.0 Å². The standard InChI is InChI=1S/C11H9N3O6/c15-9-4-13(5-10(16)12-9)8-2-1-6(14(19)20)3-7(8)11(17)18/h1-3H,4-5H2,(H,17,18)(H,12,15,16). The molecule has 9 nitrogen and oxygen atoms in total. The summed E-state index contributed by atoms with van der Waals surface area (Å²) < 4.78 is 0. The van der Waals surface area contributed by atoms with Crippen LogP contribution in [0, 0.1) is 10.1 Å². The fourth-order valence-corrected chi connectivity index (χ4v) is 1.89. The van der Waals surface area contributed by atoms with Crippen LogP contribution in [0.3, 0.4) is 0 Å². The Morgan fingerprint density at radius 3 is 2.40 bits per heavy atom. The number of benzene rings is 1. The van der Waals surface area contributed by atoms with Crippen molar-refractivity contribution in [3.05, 3.63) is 33.9 Å². The van der Waals surface area contributed by atoms with Crippen LogP contribution in [0.5, 0.6) is 0 Å². The van der Waals surface area contributed by atoms with Crippen molar-refractivity contribution in [2.24, 2.45) is 0 Å². The Morgan fingerprint density at radius 2 is 1.90 bits per heavy atom. The predicted octanol–water partition coefficient (Wildman–Crippen LogP) is -0.244. The average molecular weight is 279 g/mol. The SMILES string of the molecule is O=C1CN(c2ccc([N+](=O)[O-])cc2C(=O)O)CC(=O)N1. The van der Waals surface area contributed by atoms with E-state index in [0.29, 0.717) is 0 Å². The van der Waals surface area contributed by atoms with Crippen LogP contribution in [0.25, 0.3) is 0 Å². The molecule has 2 rings (SSSR count). The fourth-order valence-electron chi connectivity index (χ4n) is 1.89. The average Bonchev–Trinajstić information content (AvgIpc) is 2.36. The molecule has 1 aliphatic rings. The second-order valence-electron chi connectivity index (χ2n) is 4.09. The number of piperazine rings is 1. The van der Waals surface area contributed by atoms with Crippen LogP contribution in [0.15, 0.2) is 18.2 Å². The van der Waals surface area contributed by atoms with Gasteiger partial charge in [-0.15, -0.1) is 0 Å². The van der Waals surface area contributed by atoms with E-state index in [9.17, 15) is 24.5 Å². The van der Waals surface area contributed by atoms with Gasteiger partial charge in [-0.1, -0.05) is 0 Å². The van der Waals surface area contributed by atoms with Crippen LogP contribution in [0.1, 0.15) is 10.4 Å². The Balaban J connectivity index is 2.45. The van der Waals surface area contributed by atoms with Crippen LogP contribution < -0.4 is 10.2 Å². The summed E-state index contributed by atoms with van der Waals surface area (Å²) in [6, 6.07) is 3.24. The van der Waals surface area contributed by atoms with E-state index in [2.05, 4.69) is 5.32 Å². The molecule has 0 radical (unpaired) electrons. The third-order valence-electron chi connectivity index (χ3n) is 2.71. The lowest BCUT2D eigenvalue weighted by atomic mass is 10.1. The summed E-state index contributed by atoms with van der Waals surface area (Å²) in [6.07, 6.45) is 0. The van der Waals surface area contributed by atoms with Crippen LogP contribution in [0.4, 0.5) is 11.4 Å². The Bertz CT molecular complexity index is 611. The van der Waals surface area contributed by atoms with Crippen molar-refractivity contribution in [3.8, 4) is 0 Å². The van der Waals surface area contributed by atoms with E-state index >= 15 is 0 Å². The van der Waals surface area contributed by atoms with Crippen LogP contribution in [0.2, 0.25) is 0 Å². The first-order chi connectivity index (χ1) is 9.38. The van der Waals surface area contributed by atoms with Crippen molar-refractivity contribution in [1.82, 2.24) is 5.32 Å². The number of imide groups is 1. The number of non-ortho nitro benzene ring substituents is 1. The Kier molecular flexibility index (Phi) is 3.34. The number of carboxylic acid groups (broad SMARTS) is 1. The second-order valence-corrected chi connectivity index (χ2v) is 4.09. The molecule has 104 valence electrons. The van der Waals surface area contributed by atoms with Crippen molar-refractivity contribution in [1.29, 1.82) is 0 Å². The molecule has 1 fully saturated rings. The van der Waals surface area contributed by atoms with Gasteiger partial charge in [0.15, 0.2) is 0 Å². The van der Waals surface area contributed by atoms with Gasteiger partial charge in [-0.2, -0.15) is 0 Å². The van der Waals surface area contributed by atoms with Gasteiger partial charge in [-0.3, -0.25) is 25.0 Å². The summed E-state index contributed by atoms with van der Waals surface area (Å²) >= 11 is 0. The third kappa shape index (κ3) is 2.55. The quantitative estimate of drug-likeness (QED) is 0.443. The molecular weight excluding hydrogens is 270 g/mol. The first kappa shape index (κ1) is 13.5. The number of nitro benzene ring substituents is 1. The van der Waals surface area contributed by atoms with Crippen molar-refractivity contribution in [2.45, 2.75) is 0 Å². The molecule has 1 aliphatic heterocycles. The number of hydrogen-bond acceptors (Lipinski definition) is 6. The van der Waals surface area contributed by atoms with Crippen molar-refractivity contribution >= 4 is 29.2 Å². The molecular formula is C11H9N3O6. The molecule has 0 aromatic heterocycles. The van der Waals surface area contributed by atoms with E-state index in [0.717, 1.165) is 12.1 Å². The lowest BCUT2D eigenvalue weighted by molar-refractivity contribution is -0.384. The van der Waals surface area contributed by atoms with Crippen LogP contribution in [-0.2, 0) is 9.59 Å². The van der Waals surface area contributed by atoms with Gasteiger partial charge in [-0.05, 0) is 6.07 Å². The summed E-state index contributed by atoms with van der Waals surface area (Å²) in [5.41, 5.74) is -0.619. The van der Waals surface area contributed by atoms with Gasteiger partial charge in [0.2, 0.25) is 11.8 Å². The molecule has 0 spiro atoms. The molecule has 2 amide bonds. The molecule has 0 atom stereocenters. The molecule has 1 aromatic rings. The summed E-state index contributed by atoms with van der Waals surface area (Å²) in [4.78, 5) is 44.9. The van der Waals surface area contributed by atoms with Crippen LogP contribution >= 0.6 is 0 Å². The van der Waals surface area contributed by atoms with E-state index in [1.807, 2.05) is 0 Å². The highest BCUT2D eigenvalue weighted by atomic mass is 16.6. The molecule has 0 saturated carbocycles. The summed E-state index contributed by atoms with van der Waals surface area (Å²) in [5, 5.41) is 21.8. The van der Waals surface area contributed by atoms with E-state index < -0.39 is 22.7 Å². The number of aromatic carboxylic acids is 1. The van der Waals surface area contributed by atoms with Crippen molar-refractivity contribution < 1.29 is 24.4 Å². The Hall–Kier alpha value is -2.97. The monoisotopic (exact) mass is 279 g/mol. The van der Waals surface area contributed by atoms with Gasteiger partial charge in [0.05, 0.1) is 29.3 Å². The number of amides is 2. The van der Waals surface area contributed by atoms with E-state index in [-0.39, 0.29) is 30.0 Å². The van der Waals surface area contributed by atoms with Crippen LogP contribution in [-0.4, -0.2) is 40.9 Å². The number of carbonyl (C=O) groups excluding carboxylic acids is 2. The minimum absolute atomic E-state index is 0.0892. The summed E-state index contributed by atoms with van der Waals surface area (Å²) in [7, 11) is 0. The summed E-state index contributed by atoms with van der Waals surface area (Å²) in [5.74, 6) is -2.49. The molecule has 1 heterocycles. The normalized spacial score (nSPS) is 14.9. The largest absolute Gasteiger partial charge is 0.478 e. The zero-order valence-electron chi connectivity index (χ0n) is 10.0. The maximum Gasteiger partial charge on any atom is 0.338 e. The number of nitrogens with zero attached hydrogens (tertiary/aromatic N) is 2. The van der Waals surface area contributed by atoms with Gasteiger partial charge in [0.25, 0.3) is 5.69 Å². The van der Waals surface area contributed by atoms with Gasteiger partial charge >= 0.3 is 5.97 Å². The number of carboxylic acids is 1. The summed E-state index contributed by atoms with van der Waals surface area (Å²) in [6.45, 7) is -0.381. The highest BCUT2D eigenvalue weighted by molar-refractivity contribution is 6.04. The minimum Gasteiger partial charge on any atom is -0.478 e. The first-order valence-corrected chi connectivity index (χ1v) is 5.48. The lowest BCUT2D eigenvalue weighted by Gasteiger charge is -2.28. The van der Waals surface area contributed by atoms with Gasteiger partial charge in [0, 0.05) is 12.1 Å². The molecule has 0 bridgehead atoms. The number of nitrogens with one attached hydrogen (secondary N) is 1. The molecule has 20 heavy (non-hydrogen) atoms. The number of carbonyl (C=O) groups is 3. The van der Waals surface area contributed by atoms with Crippen molar-refractivity contribution in [3.63, 3.8) is 0 Å². The lowest BCUT2D eigenvalue weighted by Crippen LogP contribution is -2.51. The predicted molar refractivity (Wildman–Crippen MR) is 65.4 cm³/mol. The topological polar surface area (TPSA) is 130 Å². The minimum atomic E-state index is -1.37. The second kappa shape index (κ2) is 4.96. The number of anilines is 1. The number of hydrogen-bond donors (Lipinski definition) is 2. The number of rotatable bonds is 3. The smallest absolute Gasteiger partial charge is 0.338 e. The molecule has 0 unspecified atom stereocenters. The first-order valence-electron chi connectivity index (χ1n) is 5.48. The van der Waals surface area contributed by atoms with Gasteiger partial charge in [-0.25, -0.2) is 4.79 Å². The fraction of sp³-hybridized carbons (Fsp3) is 0.182. The zero-order valence-corrected chi connectivity index (χ0v) is 10.0. The maximum absolute atomic E-state index is 11.3.